The molecule has 0 heterocycles. The average molecular weight is 315 g/mol. The first-order valence-electron chi connectivity index (χ1n) is 6.22. The summed E-state index contributed by atoms with van der Waals surface area (Å²) in [5.41, 5.74) is 1.06. The van der Waals surface area contributed by atoms with E-state index in [9.17, 15) is 17.6 Å². The molecule has 112 valence electrons. The van der Waals surface area contributed by atoms with Gasteiger partial charge in [0.25, 0.3) is 5.76 Å². The zero-order chi connectivity index (χ0) is 15.4. The lowest BCUT2D eigenvalue weighted by molar-refractivity contribution is 0.252. The maximum atomic E-state index is 13.2. The van der Waals surface area contributed by atoms with Crippen molar-refractivity contribution in [2.45, 2.75) is 23.6 Å². The molecule has 2 aromatic carbocycles. The van der Waals surface area contributed by atoms with Crippen LogP contribution < -0.4 is 5.32 Å². The topological polar surface area (TPSA) is 12.0 Å². The van der Waals surface area contributed by atoms with E-state index in [0.717, 1.165) is 12.1 Å². The van der Waals surface area contributed by atoms with E-state index < -0.39 is 17.4 Å². The van der Waals surface area contributed by atoms with Crippen LogP contribution >= 0.6 is 11.8 Å². The fraction of sp³-hybridized carbons (Fsp3) is 0.200. The van der Waals surface area contributed by atoms with Gasteiger partial charge in [-0.25, -0.2) is 8.78 Å². The molecular weight excluding hydrogens is 302 g/mol. The van der Waals surface area contributed by atoms with Crippen molar-refractivity contribution >= 4 is 17.4 Å². The van der Waals surface area contributed by atoms with E-state index in [2.05, 4.69) is 5.32 Å². The van der Waals surface area contributed by atoms with Crippen LogP contribution in [0.3, 0.4) is 0 Å². The molecule has 0 saturated carbocycles. The molecule has 0 aromatic heterocycles. The summed E-state index contributed by atoms with van der Waals surface area (Å²) in [6.07, 6.45) is 0. The van der Waals surface area contributed by atoms with Gasteiger partial charge in [-0.05, 0) is 36.8 Å². The van der Waals surface area contributed by atoms with Gasteiger partial charge in [-0.3, -0.25) is 0 Å². The lowest BCUT2D eigenvalue weighted by atomic mass is 10.1. The van der Waals surface area contributed by atoms with Gasteiger partial charge in [0.1, 0.15) is 0 Å². The molecule has 1 unspecified atom stereocenters. The van der Waals surface area contributed by atoms with Crippen molar-refractivity contribution in [1.29, 1.82) is 0 Å². The number of hydrogen-bond donors (Lipinski definition) is 1. The molecule has 0 aliphatic rings. The Morgan fingerprint density at radius 2 is 1.71 bits per heavy atom. The van der Waals surface area contributed by atoms with E-state index in [1.807, 2.05) is 0 Å². The molecule has 1 nitrogen and oxygen atoms in total. The minimum absolute atomic E-state index is 0.348. The summed E-state index contributed by atoms with van der Waals surface area (Å²) >= 11 is 0.438. The highest BCUT2D eigenvalue weighted by molar-refractivity contribution is 7.99. The van der Waals surface area contributed by atoms with Gasteiger partial charge in [0.2, 0.25) is 0 Å². The van der Waals surface area contributed by atoms with E-state index in [1.54, 1.807) is 31.2 Å². The van der Waals surface area contributed by atoms with Crippen molar-refractivity contribution in [3.05, 3.63) is 59.7 Å². The first-order valence-corrected chi connectivity index (χ1v) is 7.10. The van der Waals surface area contributed by atoms with Crippen molar-refractivity contribution in [3.63, 3.8) is 0 Å². The van der Waals surface area contributed by atoms with Gasteiger partial charge in [-0.15, -0.1) is 0 Å². The summed E-state index contributed by atoms with van der Waals surface area (Å²) in [6, 6.07) is 9.88. The number of halogens is 4. The van der Waals surface area contributed by atoms with Crippen LogP contribution in [0.25, 0.3) is 0 Å². The number of benzene rings is 2. The number of nitrogens with one attached hydrogen (secondary N) is 1. The number of hydrogen-bond acceptors (Lipinski definition) is 2. The minimum Gasteiger partial charge on any atom is -0.378 e. The van der Waals surface area contributed by atoms with Gasteiger partial charge >= 0.3 is 0 Å². The Balaban J connectivity index is 2.19. The van der Waals surface area contributed by atoms with Crippen LogP contribution in [0.2, 0.25) is 0 Å². The predicted octanol–water partition coefficient (Wildman–Crippen LogP) is 5.45. The third-order valence-corrected chi connectivity index (χ3v) is 3.71. The molecule has 1 N–H and O–H groups in total. The Morgan fingerprint density at radius 3 is 2.38 bits per heavy atom. The number of anilines is 1. The molecule has 0 aliphatic carbocycles. The van der Waals surface area contributed by atoms with Crippen LogP contribution in [0.4, 0.5) is 23.2 Å². The van der Waals surface area contributed by atoms with E-state index >= 15 is 0 Å². The van der Waals surface area contributed by atoms with E-state index in [-0.39, 0.29) is 6.04 Å². The van der Waals surface area contributed by atoms with Crippen LogP contribution in [-0.4, -0.2) is 5.76 Å². The zero-order valence-electron chi connectivity index (χ0n) is 11.1. The summed E-state index contributed by atoms with van der Waals surface area (Å²) in [7, 11) is 0. The first-order chi connectivity index (χ1) is 9.97. The quantitative estimate of drug-likeness (QED) is 0.581. The molecule has 0 amide bonds. The summed E-state index contributed by atoms with van der Waals surface area (Å²) < 4.78 is 51.1. The smallest absolute Gasteiger partial charge is 0.288 e. The van der Waals surface area contributed by atoms with Crippen molar-refractivity contribution in [3.8, 4) is 0 Å². The maximum absolute atomic E-state index is 13.2. The molecule has 2 rings (SSSR count). The predicted molar refractivity (Wildman–Crippen MR) is 76.7 cm³/mol. The molecule has 0 aliphatic heterocycles. The van der Waals surface area contributed by atoms with E-state index in [0.29, 0.717) is 27.9 Å². The van der Waals surface area contributed by atoms with Gasteiger partial charge in [-0.2, -0.15) is 8.78 Å². The molecule has 0 spiro atoms. The van der Waals surface area contributed by atoms with Gasteiger partial charge in [-0.1, -0.05) is 30.0 Å². The Morgan fingerprint density at radius 1 is 1.00 bits per heavy atom. The molecule has 0 bridgehead atoms. The van der Waals surface area contributed by atoms with E-state index in [1.165, 1.54) is 6.07 Å². The summed E-state index contributed by atoms with van der Waals surface area (Å²) in [6.45, 7) is 1.75. The van der Waals surface area contributed by atoms with Crippen molar-refractivity contribution < 1.29 is 17.6 Å². The van der Waals surface area contributed by atoms with Crippen LogP contribution in [0.15, 0.2) is 47.4 Å². The van der Waals surface area contributed by atoms with Crippen molar-refractivity contribution in [2.75, 3.05) is 5.32 Å². The largest absolute Gasteiger partial charge is 0.378 e. The summed E-state index contributed by atoms with van der Waals surface area (Å²) in [5.74, 6) is -4.37. The molecule has 0 radical (unpaired) electrons. The van der Waals surface area contributed by atoms with Gasteiger partial charge in [0, 0.05) is 16.6 Å². The molecule has 0 saturated heterocycles. The normalized spacial score (nSPS) is 12.5. The van der Waals surface area contributed by atoms with Crippen molar-refractivity contribution in [2.24, 2.45) is 0 Å². The SMILES string of the molecule is CC(Nc1ccccc1SC(F)F)c1ccc(F)c(F)c1. The van der Waals surface area contributed by atoms with Crippen molar-refractivity contribution in [1.82, 2.24) is 0 Å². The highest BCUT2D eigenvalue weighted by atomic mass is 32.2. The lowest BCUT2D eigenvalue weighted by Gasteiger charge is -2.18. The number of para-hydroxylation sites is 1. The molecule has 2 aromatic rings. The van der Waals surface area contributed by atoms with Crippen LogP contribution in [0, 0.1) is 11.6 Å². The molecular formula is C15H13F4NS. The highest BCUT2D eigenvalue weighted by Crippen LogP contribution is 2.33. The van der Waals surface area contributed by atoms with Crippen LogP contribution in [0.5, 0.6) is 0 Å². The Bertz CT molecular complexity index is 618. The summed E-state index contributed by atoms with van der Waals surface area (Å²) in [4.78, 5) is 0.405. The fourth-order valence-electron chi connectivity index (χ4n) is 1.88. The highest BCUT2D eigenvalue weighted by Gasteiger charge is 2.13. The minimum atomic E-state index is -2.52. The Labute approximate surface area is 124 Å². The molecule has 21 heavy (non-hydrogen) atoms. The second-order valence-corrected chi connectivity index (χ2v) is 5.45. The molecule has 0 fully saturated rings. The van der Waals surface area contributed by atoms with E-state index in [4.69, 9.17) is 0 Å². The molecule has 6 heteroatoms. The number of rotatable bonds is 5. The Kier molecular flexibility index (Phi) is 5.12. The maximum Gasteiger partial charge on any atom is 0.288 e. The van der Waals surface area contributed by atoms with Gasteiger partial charge < -0.3 is 5.32 Å². The van der Waals surface area contributed by atoms with Gasteiger partial charge in [0.15, 0.2) is 11.6 Å². The second-order valence-electron chi connectivity index (χ2n) is 4.41. The first kappa shape index (κ1) is 15.7. The zero-order valence-corrected chi connectivity index (χ0v) is 11.9. The number of thioether (sulfide) groups is 1. The standard InChI is InChI=1S/C15H13F4NS/c1-9(10-6-7-11(16)12(17)8-10)20-13-4-2-3-5-14(13)21-15(18)19/h2-9,15,20H,1H3. The lowest BCUT2D eigenvalue weighted by Crippen LogP contribution is -2.08. The fourth-order valence-corrected chi connectivity index (χ4v) is 2.49. The average Bonchev–Trinajstić information content (AvgIpc) is 2.43. The Hall–Kier alpha value is -1.69. The third-order valence-electron chi connectivity index (χ3n) is 2.92. The second kappa shape index (κ2) is 6.85. The monoisotopic (exact) mass is 315 g/mol. The third kappa shape index (κ3) is 4.14. The summed E-state index contributed by atoms with van der Waals surface area (Å²) in [5, 5.41) is 3.04. The molecule has 1 atom stereocenters. The number of alkyl halides is 2. The van der Waals surface area contributed by atoms with Gasteiger partial charge in [0.05, 0.1) is 0 Å². The van der Waals surface area contributed by atoms with Crippen LogP contribution in [0.1, 0.15) is 18.5 Å². The van der Waals surface area contributed by atoms with Crippen LogP contribution in [-0.2, 0) is 0 Å².